The van der Waals surface area contributed by atoms with Crippen LogP contribution < -0.4 is 10.1 Å². The van der Waals surface area contributed by atoms with Crippen molar-refractivity contribution in [1.82, 2.24) is 9.88 Å². The minimum atomic E-state index is -1.26. The molecule has 1 aromatic heterocycles. The van der Waals surface area contributed by atoms with Gasteiger partial charge in [0.15, 0.2) is 0 Å². The molecule has 2 aliphatic rings. The zero-order valence-electron chi connectivity index (χ0n) is 17.1. The highest BCUT2D eigenvalue weighted by molar-refractivity contribution is 5.89. The number of hydrogen-bond donors (Lipinski definition) is 3. The lowest BCUT2D eigenvalue weighted by Gasteiger charge is -2.25. The Labute approximate surface area is 176 Å². The zero-order valence-corrected chi connectivity index (χ0v) is 17.1. The van der Waals surface area contributed by atoms with Crippen molar-refractivity contribution in [1.29, 1.82) is 0 Å². The van der Waals surface area contributed by atoms with Gasteiger partial charge in [-0.1, -0.05) is 0 Å². The Bertz CT molecular complexity index is 879. The summed E-state index contributed by atoms with van der Waals surface area (Å²) in [6, 6.07) is 13.6. The summed E-state index contributed by atoms with van der Waals surface area (Å²) in [6.45, 7) is 4.31. The molecule has 7 nitrogen and oxygen atoms in total. The Kier molecular flexibility index (Phi) is 7.30. The first-order valence-corrected chi connectivity index (χ1v) is 10.3. The number of aliphatic carboxylic acids is 2. The predicted molar refractivity (Wildman–Crippen MR) is 114 cm³/mol. The number of hydrogen-bond acceptors (Lipinski definition) is 4. The summed E-state index contributed by atoms with van der Waals surface area (Å²) < 4.78 is 8.50. The molecule has 1 aliphatic heterocycles. The molecule has 2 heterocycles. The first-order valence-electron chi connectivity index (χ1n) is 10.3. The van der Waals surface area contributed by atoms with Gasteiger partial charge in [0.25, 0.3) is 0 Å². The maximum absolute atomic E-state index is 9.55. The number of carbonyl (C=O) groups is 2. The van der Waals surface area contributed by atoms with Crippen molar-refractivity contribution in [2.24, 2.45) is 0 Å². The third kappa shape index (κ3) is 5.73. The summed E-state index contributed by atoms with van der Waals surface area (Å²) in [7, 11) is 0. The molecular weight excluding hydrogens is 384 g/mol. The third-order valence-corrected chi connectivity index (χ3v) is 5.37. The summed E-state index contributed by atoms with van der Waals surface area (Å²) >= 11 is 0. The van der Waals surface area contributed by atoms with Gasteiger partial charge in [-0.3, -0.25) is 0 Å². The number of ether oxygens (including phenoxy) is 1. The van der Waals surface area contributed by atoms with E-state index in [1.165, 1.54) is 42.6 Å². The minimum Gasteiger partial charge on any atom is -0.490 e. The molecular formula is C23H28N2O5. The summed E-state index contributed by atoms with van der Waals surface area (Å²) in [4.78, 5) is 19.1. The molecule has 2 aromatic rings. The van der Waals surface area contributed by atoms with Crippen molar-refractivity contribution in [3.8, 4) is 17.0 Å². The average Bonchev–Trinajstić information content (AvgIpc) is 3.38. The van der Waals surface area contributed by atoms with Crippen LogP contribution in [0.25, 0.3) is 11.3 Å². The molecule has 1 aromatic carbocycles. The number of benzene rings is 1. The lowest BCUT2D eigenvalue weighted by atomic mass is 10.1. The first kappa shape index (κ1) is 21.6. The van der Waals surface area contributed by atoms with Gasteiger partial charge < -0.3 is 24.8 Å². The van der Waals surface area contributed by atoms with Crippen LogP contribution in [-0.2, 0) is 16.1 Å². The van der Waals surface area contributed by atoms with Gasteiger partial charge in [0.05, 0.1) is 6.10 Å². The van der Waals surface area contributed by atoms with E-state index in [0.717, 1.165) is 18.8 Å². The molecule has 0 spiro atoms. The second-order valence-electron chi connectivity index (χ2n) is 7.53. The number of fused-ring (bicyclic) bond motifs is 1. The van der Waals surface area contributed by atoms with Crippen LogP contribution >= 0.6 is 0 Å². The normalized spacial score (nSPS) is 18.5. The monoisotopic (exact) mass is 412 g/mol. The van der Waals surface area contributed by atoms with E-state index in [4.69, 9.17) is 14.9 Å². The quantitative estimate of drug-likeness (QED) is 0.645. The van der Waals surface area contributed by atoms with Gasteiger partial charge in [0.1, 0.15) is 5.75 Å². The van der Waals surface area contributed by atoms with E-state index in [9.17, 15) is 9.59 Å². The standard InChI is InChI=1S/C19H24N2O.C4H4O4/c1-14-18-10-11-19(21(18)13-12-20-14)15-6-8-17(9-7-15)22-16-4-2-3-5-16;5-3(6)1-2-4(7)8/h6-11,14,16,20H,2-5,12-13H2,1H3;1-2H,(H,5,6)(H,7,8). The number of aromatic nitrogens is 1. The maximum atomic E-state index is 9.55. The molecule has 1 unspecified atom stereocenters. The van der Waals surface area contributed by atoms with E-state index < -0.39 is 11.9 Å². The molecule has 1 fully saturated rings. The summed E-state index contributed by atoms with van der Waals surface area (Å²) in [5.74, 6) is -1.50. The Hall–Kier alpha value is -3.06. The van der Waals surface area contributed by atoms with E-state index in [1.807, 2.05) is 0 Å². The van der Waals surface area contributed by atoms with Gasteiger partial charge >= 0.3 is 11.9 Å². The molecule has 160 valence electrons. The molecule has 30 heavy (non-hydrogen) atoms. The van der Waals surface area contributed by atoms with E-state index >= 15 is 0 Å². The summed E-state index contributed by atoms with van der Waals surface area (Å²) in [5.41, 5.74) is 3.97. The van der Waals surface area contributed by atoms with Crippen molar-refractivity contribution in [3.63, 3.8) is 0 Å². The molecule has 1 atom stereocenters. The molecule has 0 saturated heterocycles. The molecule has 1 aliphatic carbocycles. The topological polar surface area (TPSA) is 101 Å². The Morgan fingerprint density at radius 1 is 1.03 bits per heavy atom. The molecule has 1 saturated carbocycles. The molecule has 0 amide bonds. The highest BCUT2D eigenvalue weighted by Crippen LogP contribution is 2.30. The largest absolute Gasteiger partial charge is 0.490 e. The van der Waals surface area contributed by atoms with Crippen LogP contribution in [0.2, 0.25) is 0 Å². The van der Waals surface area contributed by atoms with Crippen LogP contribution in [0.15, 0.2) is 48.6 Å². The van der Waals surface area contributed by atoms with Crippen LogP contribution in [0, 0.1) is 0 Å². The second kappa shape index (κ2) is 10.1. The Balaban J connectivity index is 0.000000275. The lowest BCUT2D eigenvalue weighted by Crippen LogP contribution is -2.31. The summed E-state index contributed by atoms with van der Waals surface area (Å²) in [6.07, 6.45) is 6.58. The highest BCUT2D eigenvalue weighted by Gasteiger charge is 2.19. The number of carboxylic acids is 2. The van der Waals surface area contributed by atoms with Crippen molar-refractivity contribution in [3.05, 3.63) is 54.2 Å². The van der Waals surface area contributed by atoms with Crippen molar-refractivity contribution in [2.45, 2.75) is 51.3 Å². The zero-order chi connectivity index (χ0) is 21.5. The van der Waals surface area contributed by atoms with Crippen LogP contribution in [0.1, 0.15) is 44.3 Å². The third-order valence-electron chi connectivity index (χ3n) is 5.37. The first-order chi connectivity index (χ1) is 14.4. The predicted octanol–water partition coefficient (Wildman–Crippen LogP) is 3.85. The number of carboxylic acid groups (broad SMARTS) is 2. The van der Waals surface area contributed by atoms with Crippen LogP contribution in [0.3, 0.4) is 0 Å². The van der Waals surface area contributed by atoms with E-state index in [-0.39, 0.29) is 0 Å². The highest BCUT2D eigenvalue weighted by atomic mass is 16.5. The van der Waals surface area contributed by atoms with Gasteiger partial charge in [0, 0.05) is 42.7 Å². The fourth-order valence-corrected chi connectivity index (χ4v) is 3.91. The second-order valence-corrected chi connectivity index (χ2v) is 7.53. The Morgan fingerprint density at radius 2 is 1.67 bits per heavy atom. The number of nitrogens with one attached hydrogen (secondary N) is 1. The molecule has 4 rings (SSSR count). The SMILES string of the molecule is CC1NCCn2c(-c3ccc(OC4CCCC4)cc3)ccc21.O=C(O)C=CC(=O)O. The molecule has 0 bridgehead atoms. The van der Waals surface area contributed by atoms with Crippen LogP contribution in [-0.4, -0.2) is 39.4 Å². The van der Waals surface area contributed by atoms with Crippen LogP contribution in [0.4, 0.5) is 0 Å². The van der Waals surface area contributed by atoms with Crippen molar-refractivity contribution < 1.29 is 24.5 Å². The smallest absolute Gasteiger partial charge is 0.328 e. The fraction of sp³-hybridized carbons (Fsp3) is 0.391. The van der Waals surface area contributed by atoms with Gasteiger partial charge in [-0.2, -0.15) is 0 Å². The molecule has 7 heteroatoms. The van der Waals surface area contributed by atoms with Crippen LogP contribution in [0.5, 0.6) is 5.75 Å². The average molecular weight is 412 g/mol. The van der Waals surface area contributed by atoms with Gasteiger partial charge in [-0.25, -0.2) is 9.59 Å². The summed E-state index contributed by atoms with van der Waals surface area (Å²) in [5, 5.41) is 19.1. The maximum Gasteiger partial charge on any atom is 0.328 e. The van der Waals surface area contributed by atoms with Gasteiger partial charge in [-0.05, 0) is 74.6 Å². The number of nitrogens with zero attached hydrogens (tertiary/aromatic N) is 1. The van der Waals surface area contributed by atoms with Crippen molar-refractivity contribution in [2.75, 3.05) is 6.54 Å². The lowest BCUT2D eigenvalue weighted by molar-refractivity contribution is -0.134. The van der Waals surface area contributed by atoms with E-state index in [2.05, 4.69) is 53.2 Å². The van der Waals surface area contributed by atoms with Gasteiger partial charge in [0.2, 0.25) is 0 Å². The van der Waals surface area contributed by atoms with E-state index in [0.29, 0.717) is 24.3 Å². The van der Waals surface area contributed by atoms with Gasteiger partial charge in [-0.15, -0.1) is 0 Å². The minimum absolute atomic E-state index is 0.429. The number of rotatable bonds is 5. The molecule has 0 radical (unpaired) electrons. The molecule has 3 N–H and O–H groups in total. The van der Waals surface area contributed by atoms with Crippen molar-refractivity contribution >= 4 is 11.9 Å². The fourth-order valence-electron chi connectivity index (χ4n) is 3.91. The van der Waals surface area contributed by atoms with E-state index in [1.54, 1.807) is 0 Å². The Morgan fingerprint density at radius 3 is 2.27 bits per heavy atom.